The van der Waals surface area contributed by atoms with Gasteiger partial charge in [0.2, 0.25) is 5.91 Å². The van der Waals surface area contributed by atoms with E-state index in [9.17, 15) is 4.79 Å². The zero-order chi connectivity index (χ0) is 15.6. The van der Waals surface area contributed by atoms with Gasteiger partial charge in [-0.15, -0.1) is 11.3 Å². The fraction of sp³-hybridized carbons (Fsp3) is 0.706. The Hall–Kier alpha value is -0.870. The van der Waals surface area contributed by atoms with Crippen LogP contribution in [-0.2, 0) is 4.79 Å². The number of carbonyl (C=O) groups excluding carboxylic acids is 1. The van der Waals surface area contributed by atoms with Gasteiger partial charge < -0.3 is 4.90 Å². The lowest BCUT2D eigenvalue weighted by atomic mass is 10.0. The molecule has 0 spiro atoms. The molecule has 1 aromatic heterocycles. The van der Waals surface area contributed by atoms with Gasteiger partial charge in [0.1, 0.15) is 6.17 Å². The van der Waals surface area contributed by atoms with E-state index < -0.39 is 0 Å². The number of nitrogens with one attached hydrogen (secondary N) is 1. The van der Waals surface area contributed by atoms with Gasteiger partial charge in [0, 0.05) is 15.8 Å². The molecule has 3 atom stereocenters. The Morgan fingerprint density at radius 2 is 2.00 bits per heavy atom. The minimum absolute atomic E-state index is 0.0288. The molecule has 0 aliphatic carbocycles. The van der Waals surface area contributed by atoms with E-state index in [-0.39, 0.29) is 24.2 Å². The van der Waals surface area contributed by atoms with E-state index in [0.29, 0.717) is 5.92 Å². The lowest BCUT2D eigenvalue weighted by molar-refractivity contribution is -0.132. The van der Waals surface area contributed by atoms with Crippen LogP contribution < -0.4 is 5.32 Å². The first-order valence-corrected chi connectivity index (χ1v) is 8.90. The lowest BCUT2D eigenvalue weighted by Crippen LogP contribution is -2.38. The van der Waals surface area contributed by atoms with Crippen LogP contribution in [0.4, 0.5) is 0 Å². The van der Waals surface area contributed by atoms with Crippen LogP contribution in [0.3, 0.4) is 0 Å². The van der Waals surface area contributed by atoms with Gasteiger partial charge in [0.05, 0.1) is 6.04 Å². The molecule has 1 N–H and O–H groups in total. The molecule has 4 heteroatoms. The fourth-order valence-electron chi connectivity index (χ4n) is 2.95. The molecule has 3 unspecified atom stereocenters. The van der Waals surface area contributed by atoms with Gasteiger partial charge in [-0.1, -0.05) is 20.8 Å². The topological polar surface area (TPSA) is 32.3 Å². The zero-order valence-electron chi connectivity index (χ0n) is 13.8. The van der Waals surface area contributed by atoms with Gasteiger partial charge in [0.15, 0.2) is 0 Å². The van der Waals surface area contributed by atoms with Gasteiger partial charge in [-0.3, -0.25) is 10.1 Å². The summed E-state index contributed by atoms with van der Waals surface area (Å²) in [6.45, 7) is 10.9. The van der Waals surface area contributed by atoms with Crippen LogP contribution in [0.1, 0.15) is 62.9 Å². The zero-order valence-corrected chi connectivity index (χ0v) is 14.7. The molecule has 118 valence electrons. The van der Waals surface area contributed by atoms with Gasteiger partial charge >= 0.3 is 0 Å². The van der Waals surface area contributed by atoms with Crippen LogP contribution >= 0.6 is 11.3 Å². The maximum Gasteiger partial charge on any atom is 0.241 e. The summed E-state index contributed by atoms with van der Waals surface area (Å²) in [7, 11) is 0. The minimum atomic E-state index is -0.0288. The van der Waals surface area contributed by atoms with Crippen molar-refractivity contribution in [2.24, 2.45) is 5.92 Å². The van der Waals surface area contributed by atoms with Crippen molar-refractivity contribution in [3.05, 3.63) is 21.9 Å². The third-order valence-corrected chi connectivity index (χ3v) is 5.32. The normalized spacial score (nSPS) is 24.1. The Bertz CT molecular complexity index is 483. The van der Waals surface area contributed by atoms with Crippen molar-refractivity contribution in [1.29, 1.82) is 0 Å². The lowest BCUT2D eigenvalue weighted by Gasteiger charge is -2.30. The van der Waals surface area contributed by atoms with Gasteiger partial charge in [-0.05, 0) is 51.2 Å². The summed E-state index contributed by atoms with van der Waals surface area (Å²) >= 11 is 1.79. The molecular formula is C17H28N2OS. The van der Waals surface area contributed by atoms with E-state index in [4.69, 9.17) is 0 Å². The third-order valence-electron chi connectivity index (χ3n) is 4.27. The molecule has 1 saturated heterocycles. The number of rotatable bonds is 6. The number of hydrogen-bond acceptors (Lipinski definition) is 3. The molecule has 1 amide bonds. The van der Waals surface area contributed by atoms with Gasteiger partial charge in [-0.2, -0.15) is 0 Å². The first kappa shape index (κ1) is 16.5. The van der Waals surface area contributed by atoms with E-state index in [1.165, 1.54) is 9.75 Å². The molecule has 1 aromatic rings. The summed E-state index contributed by atoms with van der Waals surface area (Å²) in [5.74, 6) is 0.951. The Morgan fingerprint density at radius 3 is 2.52 bits per heavy atom. The van der Waals surface area contributed by atoms with Crippen molar-refractivity contribution < 1.29 is 4.79 Å². The molecule has 0 radical (unpaired) electrons. The van der Waals surface area contributed by atoms with Crippen molar-refractivity contribution in [3.8, 4) is 0 Å². The van der Waals surface area contributed by atoms with Crippen LogP contribution in [-0.4, -0.2) is 22.9 Å². The second-order valence-electron chi connectivity index (χ2n) is 6.54. The first-order valence-electron chi connectivity index (χ1n) is 8.08. The number of amides is 1. The van der Waals surface area contributed by atoms with Crippen LogP contribution in [0.25, 0.3) is 0 Å². The first-order chi connectivity index (χ1) is 9.93. The second kappa shape index (κ2) is 6.93. The van der Waals surface area contributed by atoms with Crippen molar-refractivity contribution in [2.45, 2.75) is 72.1 Å². The molecule has 3 nitrogen and oxygen atoms in total. The molecule has 0 saturated carbocycles. The maximum atomic E-state index is 12.7. The summed E-state index contributed by atoms with van der Waals surface area (Å²) in [5, 5.41) is 3.53. The van der Waals surface area contributed by atoms with E-state index in [1.54, 1.807) is 11.3 Å². The van der Waals surface area contributed by atoms with Crippen LogP contribution in [0.15, 0.2) is 12.1 Å². The molecule has 1 aliphatic rings. The highest BCUT2D eigenvalue weighted by atomic mass is 32.1. The summed E-state index contributed by atoms with van der Waals surface area (Å²) < 4.78 is 0. The van der Waals surface area contributed by atoms with Crippen molar-refractivity contribution in [2.75, 3.05) is 0 Å². The van der Waals surface area contributed by atoms with Crippen molar-refractivity contribution in [1.82, 2.24) is 10.2 Å². The molecule has 2 heterocycles. The minimum Gasteiger partial charge on any atom is -0.318 e. The average Bonchev–Trinajstić information content (AvgIpc) is 2.99. The highest BCUT2D eigenvalue weighted by Crippen LogP contribution is 2.33. The molecular weight excluding hydrogens is 280 g/mol. The van der Waals surface area contributed by atoms with Crippen LogP contribution in [0, 0.1) is 12.8 Å². The number of thiophene rings is 1. The van der Waals surface area contributed by atoms with E-state index in [0.717, 1.165) is 19.3 Å². The predicted molar refractivity (Wildman–Crippen MR) is 89.4 cm³/mol. The molecule has 0 aromatic carbocycles. The summed E-state index contributed by atoms with van der Waals surface area (Å²) in [6.07, 6.45) is 3.15. The van der Waals surface area contributed by atoms with Crippen LogP contribution in [0.2, 0.25) is 0 Å². The molecule has 1 aliphatic heterocycles. The quantitative estimate of drug-likeness (QED) is 0.858. The summed E-state index contributed by atoms with van der Waals surface area (Å²) in [4.78, 5) is 17.3. The maximum absolute atomic E-state index is 12.7. The largest absolute Gasteiger partial charge is 0.318 e. The Morgan fingerprint density at radius 1 is 1.29 bits per heavy atom. The average molecular weight is 308 g/mol. The Labute approximate surface area is 132 Å². The SMILES string of the molecule is CCC1NC(c2ccc(C)s2)N(C(C)CCC(C)C)C1=O. The fourth-order valence-corrected chi connectivity index (χ4v) is 3.88. The van der Waals surface area contributed by atoms with Crippen molar-refractivity contribution in [3.63, 3.8) is 0 Å². The smallest absolute Gasteiger partial charge is 0.241 e. The molecule has 0 bridgehead atoms. The number of aryl methyl sites for hydroxylation is 1. The van der Waals surface area contributed by atoms with Gasteiger partial charge in [-0.25, -0.2) is 0 Å². The number of nitrogens with zero attached hydrogens (tertiary/aromatic N) is 1. The monoisotopic (exact) mass is 308 g/mol. The Kier molecular flexibility index (Phi) is 5.44. The molecule has 1 fully saturated rings. The third kappa shape index (κ3) is 3.67. The summed E-state index contributed by atoms with van der Waals surface area (Å²) in [5.41, 5.74) is 0. The van der Waals surface area contributed by atoms with Gasteiger partial charge in [0.25, 0.3) is 0 Å². The standard InChI is InChI=1S/C17H28N2OS/c1-6-14-17(20)19(12(4)8-7-11(2)3)16(18-14)15-10-9-13(5)21-15/h9-12,14,16,18H,6-8H2,1-5H3. The second-order valence-corrected chi connectivity index (χ2v) is 7.86. The predicted octanol–water partition coefficient (Wildman–Crippen LogP) is 4.09. The Balaban J connectivity index is 2.18. The number of carbonyl (C=O) groups is 1. The van der Waals surface area contributed by atoms with E-state index in [1.807, 2.05) is 0 Å². The highest BCUT2D eigenvalue weighted by molar-refractivity contribution is 7.12. The molecule has 2 rings (SSSR count). The number of hydrogen-bond donors (Lipinski definition) is 1. The molecule has 21 heavy (non-hydrogen) atoms. The van der Waals surface area contributed by atoms with E-state index >= 15 is 0 Å². The van der Waals surface area contributed by atoms with E-state index in [2.05, 4.69) is 57.0 Å². The summed E-state index contributed by atoms with van der Waals surface area (Å²) in [6, 6.07) is 4.56. The van der Waals surface area contributed by atoms with Crippen LogP contribution in [0.5, 0.6) is 0 Å². The van der Waals surface area contributed by atoms with Crippen molar-refractivity contribution >= 4 is 17.2 Å². The highest BCUT2D eigenvalue weighted by Gasteiger charge is 2.41.